The molecule has 0 fully saturated rings. The number of ether oxygens (including phenoxy) is 1. The summed E-state index contributed by atoms with van der Waals surface area (Å²) in [4.78, 5) is 10.9. The van der Waals surface area contributed by atoms with Crippen LogP contribution in [0.4, 0.5) is 4.79 Å². The summed E-state index contributed by atoms with van der Waals surface area (Å²) in [5.74, 6) is 0.916. The minimum Gasteiger partial charge on any atom is -0.496 e. The van der Waals surface area contributed by atoms with Gasteiger partial charge in [0.2, 0.25) is 0 Å². The maximum absolute atomic E-state index is 11.0. The van der Waals surface area contributed by atoms with E-state index in [1.807, 2.05) is 0 Å². The minimum absolute atomic E-state index is 0.130. The Morgan fingerprint density at radius 3 is 2.37 bits per heavy atom. The van der Waals surface area contributed by atoms with Crippen LogP contribution < -0.4 is 10.1 Å². The number of halogens is 1. The molecule has 0 radical (unpaired) electrons. The third kappa shape index (κ3) is 3.50. The van der Waals surface area contributed by atoms with E-state index in [0.717, 1.165) is 11.3 Å². The van der Waals surface area contributed by atoms with Crippen molar-refractivity contribution in [1.82, 2.24) is 5.32 Å². The average molecular weight is 328 g/mol. The lowest BCUT2D eigenvalue weighted by molar-refractivity contribution is 0.259. The van der Waals surface area contributed by atoms with Gasteiger partial charge in [-0.1, -0.05) is 13.8 Å². The molecule has 0 aliphatic carbocycles. The van der Waals surface area contributed by atoms with Crippen molar-refractivity contribution in [2.75, 3.05) is 13.7 Å². The molecule has 4 heteroatoms. The fourth-order valence-electron chi connectivity index (χ4n) is 2.68. The van der Waals surface area contributed by atoms with Gasteiger partial charge in [-0.25, -0.2) is 0 Å². The largest absolute Gasteiger partial charge is 0.496 e. The van der Waals surface area contributed by atoms with Gasteiger partial charge in [-0.2, -0.15) is 0 Å². The highest BCUT2D eigenvalue weighted by Crippen LogP contribution is 2.35. The Balaban J connectivity index is 3.26. The van der Waals surface area contributed by atoms with E-state index in [4.69, 9.17) is 4.74 Å². The van der Waals surface area contributed by atoms with E-state index in [0.29, 0.717) is 6.54 Å². The van der Waals surface area contributed by atoms with Gasteiger partial charge in [0, 0.05) is 27.9 Å². The zero-order valence-corrected chi connectivity index (χ0v) is 14.1. The fraction of sp³-hybridized carbons (Fsp3) is 0.533. The lowest BCUT2D eigenvalue weighted by Crippen LogP contribution is -2.35. The molecule has 0 saturated heterocycles. The van der Waals surface area contributed by atoms with Crippen LogP contribution in [0.25, 0.3) is 0 Å². The molecule has 1 N–H and O–H groups in total. The van der Waals surface area contributed by atoms with Gasteiger partial charge in [-0.3, -0.25) is 4.79 Å². The zero-order valence-electron chi connectivity index (χ0n) is 12.5. The number of carbonyl (C=O) groups is 1. The Morgan fingerprint density at radius 1 is 1.32 bits per heavy atom. The van der Waals surface area contributed by atoms with Gasteiger partial charge < -0.3 is 10.1 Å². The molecular formula is C15H22BrNO2. The molecule has 0 spiro atoms. The van der Waals surface area contributed by atoms with Crippen molar-refractivity contribution in [3.63, 3.8) is 0 Å². The second-order valence-corrected chi connectivity index (χ2v) is 6.25. The summed E-state index contributed by atoms with van der Waals surface area (Å²) in [5, 5.41) is 2.83. The molecule has 0 aliphatic rings. The first kappa shape index (κ1) is 16.0. The van der Waals surface area contributed by atoms with E-state index in [9.17, 15) is 4.79 Å². The summed E-state index contributed by atoms with van der Waals surface area (Å²) in [5.41, 5.74) is 4.71. The average Bonchev–Trinajstić information content (AvgIpc) is 2.31. The van der Waals surface area contributed by atoms with Crippen molar-refractivity contribution >= 4 is 20.7 Å². The van der Waals surface area contributed by atoms with Gasteiger partial charge in [-0.05, 0) is 49.1 Å². The van der Waals surface area contributed by atoms with E-state index < -0.39 is 0 Å². The van der Waals surface area contributed by atoms with Gasteiger partial charge >= 0.3 is 0 Å². The third-order valence-electron chi connectivity index (χ3n) is 3.62. The predicted molar refractivity (Wildman–Crippen MR) is 82.6 cm³/mol. The van der Waals surface area contributed by atoms with Gasteiger partial charge in [0.25, 0.3) is 4.82 Å². The smallest absolute Gasteiger partial charge is 0.287 e. The number of amides is 1. The SMILES string of the molecule is COc1cc(C)c(C(C)(C)CNC(=O)Br)c(C)c1C. The van der Waals surface area contributed by atoms with Crippen LogP contribution >= 0.6 is 15.9 Å². The van der Waals surface area contributed by atoms with Gasteiger partial charge in [0.15, 0.2) is 0 Å². The Bertz CT molecular complexity index is 495. The molecule has 0 saturated carbocycles. The minimum atomic E-state index is -0.180. The van der Waals surface area contributed by atoms with Crippen molar-refractivity contribution in [1.29, 1.82) is 0 Å². The van der Waals surface area contributed by atoms with Crippen molar-refractivity contribution < 1.29 is 9.53 Å². The summed E-state index contributed by atoms with van der Waals surface area (Å²) in [6.45, 7) is 11.1. The van der Waals surface area contributed by atoms with Crippen molar-refractivity contribution in [2.45, 2.75) is 40.0 Å². The standard InChI is InChI=1S/C15H22BrNO2/c1-9-7-12(19-6)10(2)11(3)13(9)15(4,5)8-17-14(16)18/h7H,8H2,1-6H3,(H,17,18). The van der Waals surface area contributed by atoms with E-state index in [-0.39, 0.29) is 10.2 Å². The van der Waals surface area contributed by atoms with Crippen molar-refractivity contribution in [2.24, 2.45) is 0 Å². The predicted octanol–water partition coefficient (Wildman–Crippen LogP) is 4.00. The summed E-state index contributed by atoms with van der Waals surface area (Å²) in [6, 6.07) is 2.06. The molecule has 0 bridgehead atoms. The lowest BCUT2D eigenvalue weighted by atomic mass is 9.78. The highest BCUT2D eigenvalue weighted by atomic mass is 79.9. The molecule has 0 atom stereocenters. The van der Waals surface area contributed by atoms with E-state index in [1.54, 1.807) is 7.11 Å². The number of hydrogen-bond acceptors (Lipinski definition) is 2. The summed E-state index contributed by atoms with van der Waals surface area (Å²) >= 11 is 2.90. The molecule has 0 heterocycles. The summed E-state index contributed by atoms with van der Waals surface area (Å²) < 4.78 is 5.40. The Morgan fingerprint density at radius 2 is 1.89 bits per heavy atom. The van der Waals surface area contributed by atoms with E-state index in [2.05, 4.69) is 61.9 Å². The van der Waals surface area contributed by atoms with Crippen LogP contribution in [0.5, 0.6) is 5.75 Å². The number of carbonyl (C=O) groups excluding carboxylic acids is 1. The summed E-state index contributed by atoms with van der Waals surface area (Å²) in [6.07, 6.45) is 0. The molecule has 0 aliphatic heterocycles. The lowest BCUT2D eigenvalue weighted by Gasteiger charge is -2.30. The zero-order chi connectivity index (χ0) is 14.8. The molecule has 1 rings (SSSR count). The molecule has 19 heavy (non-hydrogen) atoms. The monoisotopic (exact) mass is 327 g/mol. The number of nitrogens with one attached hydrogen (secondary N) is 1. The molecule has 0 aromatic heterocycles. The number of hydrogen-bond donors (Lipinski definition) is 1. The van der Waals surface area contributed by atoms with Crippen LogP contribution in [0, 0.1) is 20.8 Å². The quantitative estimate of drug-likeness (QED) is 0.670. The van der Waals surface area contributed by atoms with Gasteiger partial charge in [0.05, 0.1) is 7.11 Å². The maximum Gasteiger partial charge on any atom is 0.287 e. The number of benzene rings is 1. The Kier molecular flexibility index (Phi) is 5.02. The normalized spacial score (nSPS) is 11.3. The molecule has 1 aromatic rings. The third-order valence-corrected chi connectivity index (χ3v) is 3.90. The van der Waals surface area contributed by atoms with Crippen LogP contribution in [-0.4, -0.2) is 18.5 Å². The summed E-state index contributed by atoms with van der Waals surface area (Å²) in [7, 11) is 1.69. The second kappa shape index (κ2) is 5.95. The molecular weight excluding hydrogens is 306 g/mol. The van der Waals surface area contributed by atoms with Crippen LogP contribution in [0.3, 0.4) is 0 Å². The van der Waals surface area contributed by atoms with E-state index in [1.165, 1.54) is 16.7 Å². The second-order valence-electron chi connectivity index (χ2n) is 5.53. The number of rotatable bonds is 4. The first-order valence-electron chi connectivity index (χ1n) is 6.29. The molecule has 1 aromatic carbocycles. The molecule has 1 amide bonds. The van der Waals surface area contributed by atoms with E-state index >= 15 is 0 Å². The first-order chi connectivity index (χ1) is 8.70. The maximum atomic E-state index is 11.0. The first-order valence-corrected chi connectivity index (χ1v) is 7.08. The van der Waals surface area contributed by atoms with Crippen molar-refractivity contribution in [3.05, 3.63) is 28.3 Å². The number of methoxy groups -OCH3 is 1. The number of aryl methyl sites for hydroxylation is 1. The molecule has 106 valence electrons. The van der Waals surface area contributed by atoms with Gasteiger partial charge in [-0.15, -0.1) is 0 Å². The Hall–Kier alpha value is -1.03. The van der Waals surface area contributed by atoms with Crippen molar-refractivity contribution in [3.8, 4) is 5.75 Å². The fourth-order valence-corrected chi connectivity index (χ4v) is 2.82. The van der Waals surface area contributed by atoms with Crippen LogP contribution in [-0.2, 0) is 5.41 Å². The highest BCUT2D eigenvalue weighted by molar-refractivity contribution is 9.18. The highest BCUT2D eigenvalue weighted by Gasteiger charge is 2.26. The van der Waals surface area contributed by atoms with Gasteiger partial charge in [0.1, 0.15) is 5.75 Å². The molecule has 0 unspecified atom stereocenters. The molecule has 3 nitrogen and oxygen atoms in total. The van der Waals surface area contributed by atoms with Crippen LogP contribution in [0.15, 0.2) is 6.07 Å². The van der Waals surface area contributed by atoms with Crippen LogP contribution in [0.1, 0.15) is 36.1 Å². The topological polar surface area (TPSA) is 38.3 Å². The Labute approximate surface area is 123 Å². The van der Waals surface area contributed by atoms with Crippen LogP contribution in [0.2, 0.25) is 0 Å².